The summed E-state index contributed by atoms with van der Waals surface area (Å²) >= 11 is 6.37. The highest BCUT2D eigenvalue weighted by atomic mass is 35.5. The second-order valence-electron chi connectivity index (χ2n) is 17.4. The van der Waals surface area contributed by atoms with Crippen molar-refractivity contribution in [2.24, 2.45) is 11.3 Å². The number of anilines is 3. The second kappa shape index (κ2) is 15.2. The fourth-order valence-electron chi connectivity index (χ4n) is 10.4. The Morgan fingerprint density at radius 3 is 2.19 bits per heavy atom. The average Bonchev–Trinajstić information content (AvgIpc) is 3.67. The third kappa shape index (κ3) is 7.25. The lowest BCUT2D eigenvalue weighted by Gasteiger charge is -2.44. The maximum Gasteiger partial charge on any atom is 0.262 e. The Morgan fingerprint density at radius 1 is 0.831 bits per heavy atom. The molecule has 1 unspecified atom stereocenters. The minimum Gasteiger partial charge on any atom is -0.371 e. The van der Waals surface area contributed by atoms with E-state index in [1.165, 1.54) is 0 Å². The largest absolute Gasteiger partial charge is 0.371 e. The zero-order chi connectivity index (χ0) is 41.2. The minimum absolute atomic E-state index is 0.0769. The third-order valence-corrected chi connectivity index (χ3v) is 16.4. The lowest BCUT2D eigenvalue weighted by Crippen LogP contribution is -2.54. The molecular formula is C44H48ClN7O6S. The van der Waals surface area contributed by atoms with E-state index in [-0.39, 0.29) is 29.4 Å². The van der Waals surface area contributed by atoms with Gasteiger partial charge in [0, 0.05) is 74.7 Å². The number of piperidine rings is 3. The summed E-state index contributed by atoms with van der Waals surface area (Å²) in [6, 6.07) is 19.9. The van der Waals surface area contributed by atoms with Crippen LogP contribution in [0, 0.1) is 22.7 Å². The molecule has 3 aromatic carbocycles. The quantitative estimate of drug-likeness (QED) is 0.309. The lowest BCUT2D eigenvalue weighted by molar-refractivity contribution is -0.136. The Morgan fingerprint density at radius 2 is 1.51 bits per heavy atom. The molecule has 2 atom stereocenters. The number of hydrogen-bond acceptors (Lipinski definition) is 11. The maximum absolute atomic E-state index is 13.8. The van der Waals surface area contributed by atoms with Crippen LogP contribution in [0.25, 0.3) is 0 Å². The van der Waals surface area contributed by atoms with Crippen LogP contribution in [0.3, 0.4) is 0 Å². The zero-order valence-electron chi connectivity index (χ0n) is 33.1. The topological polar surface area (TPSA) is 154 Å². The number of rotatable bonds is 8. The molecule has 15 heteroatoms. The highest BCUT2D eigenvalue weighted by Crippen LogP contribution is 2.46. The summed E-state index contributed by atoms with van der Waals surface area (Å²) in [5.41, 5.74) is 4.20. The van der Waals surface area contributed by atoms with E-state index in [9.17, 15) is 32.9 Å². The van der Waals surface area contributed by atoms with Crippen LogP contribution in [0.2, 0.25) is 5.02 Å². The summed E-state index contributed by atoms with van der Waals surface area (Å²) in [4.78, 5) is 61.1. The number of nitrogens with one attached hydrogen (secondary N) is 1. The van der Waals surface area contributed by atoms with E-state index in [0.717, 1.165) is 80.5 Å². The van der Waals surface area contributed by atoms with E-state index < -0.39 is 44.8 Å². The highest BCUT2D eigenvalue weighted by Gasteiger charge is 2.46. The normalized spacial score (nSPS) is 24.1. The number of nitriles is 1. The van der Waals surface area contributed by atoms with Crippen LogP contribution in [-0.4, -0.2) is 112 Å². The van der Waals surface area contributed by atoms with Crippen LogP contribution in [0.15, 0.2) is 65.6 Å². The average molecular weight is 838 g/mol. The molecule has 5 saturated heterocycles. The number of halogens is 1. The van der Waals surface area contributed by atoms with E-state index in [1.54, 1.807) is 30.3 Å². The second-order valence-corrected chi connectivity index (χ2v) is 20.1. The van der Waals surface area contributed by atoms with Crippen molar-refractivity contribution < 1.29 is 27.6 Å². The number of benzene rings is 3. The molecule has 3 aromatic rings. The smallest absolute Gasteiger partial charge is 0.262 e. The van der Waals surface area contributed by atoms with Gasteiger partial charge >= 0.3 is 0 Å². The Bertz CT molecular complexity index is 2360. The van der Waals surface area contributed by atoms with Crippen molar-refractivity contribution >= 4 is 62.1 Å². The van der Waals surface area contributed by atoms with E-state index >= 15 is 0 Å². The molecule has 0 radical (unpaired) electrons. The van der Waals surface area contributed by atoms with Gasteiger partial charge in [0.2, 0.25) is 11.8 Å². The number of carbonyl (C=O) groups is 4. The molecule has 1 N–H and O–H groups in total. The Hall–Kier alpha value is -4.97. The van der Waals surface area contributed by atoms with E-state index in [4.69, 9.17) is 11.6 Å². The summed E-state index contributed by atoms with van der Waals surface area (Å²) in [7, 11) is -3.47. The predicted octanol–water partition coefficient (Wildman–Crippen LogP) is 4.87. The molecule has 59 heavy (non-hydrogen) atoms. The van der Waals surface area contributed by atoms with Crippen LogP contribution in [0.5, 0.6) is 0 Å². The molecule has 4 amide bonds. The monoisotopic (exact) mass is 837 g/mol. The molecule has 308 valence electrons. The van der Waals surface area contributed by atoms with Crippen LogP contribution in [0.1, 0.15) is 78.1 Å². The van der Waals surface area contributed by atoms with Gasteiger partial charge in [0.05, 0.1) is 31.9 Å². The van der Waals surface area contributed by atoms with Gasteiger partial charge in [0.15, 0.2) is 9.84 Å². The van der Waals surface area contributed by atoms with Crippen molar-refractivity contribution in [2.45, 2.75) is 74.1 Å². The van der Waals surface area contributed by atoms with Gasteiger partial charge in [-0.25, -0.2) is 8.42 Å². The molecule has 0 bridgehead atoms. The van der Waals surface area contributed by atoms with Gasteiger partial charge < -0.3 is 19.6 Å². The van der Waals surface area contributed by atoms with Gasteiger partial charge in [-0.05, 0) is 125 Å². The zero-order valence-corrected chi connectivity index (χ0v) is 34.7. The van der Waals surface area contributed by atoms with Crippen LogP contribution < -0.4 is 20.0 Å². The fraction of sp³-hybridized carbons (Fsp3) is 0.477. The number of fused-ring (bicyclic) bond motifs is 1. The van der Waals surface area contributed by atoms with Gasteiger partial charge in [0.25, 0.3) is 11.8 Å². The molecule has 0 aliphatic carbocycles. The van der Waals surface area contributed by atoms with Crippen LogP contribution in [0.4, 0.5) is 17.1 Å². The number of amides is 4. The Kier molecular flexibility index (Phi) is 10.2. The van der Waals surface area contributed by atoms with Gasteiger partial charge in [0.1, 0.15) is 12.1 Å². The van der Waals surface area contributed by atoms with E-state index in [2.05, 4.69) is 37.9 Å². The number of likely N-dealkylation sites (tertiary alicyclic amines) is 1. The molecule has 0 saturated carbocycles. The van der Waals surface area contributed by atoms with E-state index in [0.29, 0.717) is 53.4 Å². The summed E-state index contributed by atoms with van der Waals surface area (Å²) in [5, 5.41) is 11.6. The summed E-state index contributed by atoms with van der Waals surface area (Å²) in [5.74, 6) is -1.66. The first-order chi connectivity index (χ1) is 28.3. The molecule has 5 fully saturated rings. The first-order valence-corrected chi connectivity index (χ1v) is 22.6. The van der Waals surface area contributed by atoms with Crippen molar-refractivity contribution in [1.29, 1.82) is 5.26 Å². The number of sulfone groups is 1. The maximum atomic E-state index is 13.8. The summed E-state index contributed by atoms with van der Waals surface area (Å²) in [6.07, 6.45) is 4.58. The molecule has 13 nitrogen and oxygen atoms in total. The predicted molar refractivity (Wildman–Crippen MR) is 223 cm³/mol. The van der Waals surface area contributed by atoms with Gasteiger partial charge in [-0.1, -0.05) is 11.6 Å². The first-order valence-electron chi connectivity index (χ1n) is 20.7. The summed E-state index contributed by atoms with van der Waals surface area (Å²) in [6.45, 7) is 8.91. The minimum atomic E-state index is -3.47. The van der Waals surface area contributed by atoms with Gasteiger partial charge in [-0.15, -0.1) is 0 Å². The molecule has 6 aliphatic heterocycles. The van der Waals surface area contributed by atoms with E-state index in [1.807, 2.05) is 30.3 Å². The molecule has 6 heterocycles. The Balaban J connectivity index is 0.737. The number of carbonyl (C=O) groups excluding carboxylic acids is 4. The molecule has 6 aliphatic rings. The molecule has 0 aromatic heterocycles. The van der Waals surface area contributed by atoms with Gasteiger partial charge in [-0.2, -0.15) is 5.26 Å². The van der Waals surface area contributed by atoms with Crippen molar-refractivity contribution in [2.75, 3.05) is 67.1 Å². The van der Waals surface area contributed by atoms with Crippen molar-refractivity contribution in [3.05, 3.63) is 82.4 Å². The Labute approximate surface area is 349 Å². The number of hydrogen-bond donors (Lipinski definition) is 1. The number of nitrogens with zero attached hydrogens (tertiary/aromatic N) is 6. The molecule has 9 rings (SSSR count). The fourth-order valence-corrected chi connectivity index (χ4v) is 12.3. The highest BCUT2D eigenvalue weighted by molar-refractivity contribution is 7.92. The third-order valence-electron chi connectivity index (χ3n) is 13.8. The van der Waals surface area contributed by atoms with Crippen LogP contribution >= 0.6 is 11.6 Å². The van der Waals surface area contributed by atoms with Crippen molar-refractivity contribution in [1.82, 2.24) is 15.1 Å². The molecular weight excluding hydrogens is 790 g/mol. The summed E-state index contributed by atoms with van der Waals surface area (Å²) < 4.78 is 27.6. The van der Waals surface area contributed by atoms with Crippen molar-refractivity contribution in [3.8, 4) is 6.07 Å². The van der Waals surface area contributed by atoms with Crippen molar-refractivity contribution in [3.63, 3.8) is 0 Å². The number of imide groups is 2. The van der Waals surface area contributed by atoms with Crippen LogP contribution in [-0.2, 0) is 19.4 Å². The first kappa shape index (κ1) is 39.5. The van der Waals surface area contributed by atoms with Gasteiger partial charge in [-0.3, -0.25) is 29.4 Å². The standard InChI is InChI=1S/C44H48ClN7O6S/c1-28-22-44(27-51(28)33-3-2-30(23-46)38(45)21-33)14-18-49(19-15-44)31-4-7-34(8-5-31)59(57,58)35-12-16-48(17-13-35)24-29-25-50(26-29)32-6-9-36-37(20-32)43(56)52(42(36)55)39-10-11-40(53)47-41(39)54/h2-9,20-21,28-29,35,39H,10-19,22,24-27H2,1H3,(H,47,53,54)/t28-,39?/m0/s1. The SMILES string of the molecule is C[C@H]1CC2(CCN(c3ccc(S(=O)(=O)C4CCN(CC5CN(c6ccc7c(c6)C(=O)N(C6CCC(=O)NC6=O)C7=O)C5)CC4)cc3)CC2)CN1c1ccc(C#N)c(Cl)c1. The molecule has 1 spiro atoms. The lowest BCUT2D eigenvalue weighted by atomic mass is 9.76.